The third kappa shape index (κ3) is 6.86. The van der Waals surface area contributed by atoms with Gasteiger partial charge in [0.2, 0.25) is 15.9 Å². The maximum atomic E-state index is 13.7. The predicted octanol–water partition coefficient (Wildman–Crippen LogP) is 3.91. The van der Waals surface area contributed by atoms with E-state index in [1.54, 1.807) is 4.72 Å². The molecule has 2 N–H and O–H groups in total. The molecule has 9 nitrogen and oxygen atoms in total. The third-order valence-corrected chi connectivity index (χ3v) is 7.59. The van der Waals surface area contributed by atoms with Gasteiger partial charge in [-0.2, -0.15) is 23.0 Å². The molecule has 2 atom stereocenters. The lowest BCUT2D eigenvalue weighted by Gasteiger charge is -2.22. The molecule has 3 rings (SSSR count). The highest BCUT2D eigenvalue weighted by molar-refractivity contribution is 7.89. The number of aromatic nitrogens is 3. The number of halogens is 5. The molecule has 37 heavy (non-hydrogen) atoms. The quantitative estimate of drug-likeness (QED) is 0.418. The summed E-state index contributed by atoms with van der Waals surface area (Å²) in [6.45, 7) is 2.73. The lowest BCUT2D eigenvalue weighted by molar-refractivity contribution is -0.151. The second kappa shape index (κ2) is 11.2. The topological polar surface area (TPSA) is 123 Å². The number of hydrogen-bond donors (Lipinski definition) is 2. The Morgan fingerprint density at radius 2 is 1.89 bits per heavy atom. The van der Waals surface area contributed by atoms with Crippen LogP contribution in [0.25, 0.3) is 0 Å². The van der Waals surface area contributed by atoms with Crippen molar-refractivity contribution in [2.75, 3.05) is 5.32 Å². The molecule has 1 amide bonds. The number of alkyl halides is 3. The van der Waals surface area contributed by atoms with Crippen molar-refractivity contribution >= 4 is 44.8 Å². The molecule has 0 radical (unpaired) electrons. The van der Waals surface area contributed by atoms with Crippen LogP contribution >= 0.6 is 23.2 Å². The highest BCUT2D eigenvalue weighted by Gasteiger charge is 2.42. The Morgan fingerprint density at radius 1 is 1.19 bits per heavy atom. The summed E-state index contributed by atoms with van der Waals surface area (Å²) in [4.78, 5) is 28.3. The smallest absolute Gasteiger partial charge is 0.324 e. The first kappa shape index (κ1) is 28.6. The van der Waals surface area contributed by atoms with Crippen LogP contribution < -0.4 is 15.6 Å². The van der Waals surface area contributed by atoms with Gasteiger partial charge in [-0.3, -0.25) is 14.6 Å². The summed E-state index contributed by atoms with van der Waals surface area (Å²) >= 11 is 11.5. The highest BCUT2D eigenvalue weighted by atomic mass is 35.5. The van der Waals surface area contributed by atoms with Gasteiger partial charge in [-0.1, -0.05) is 35.3 Å². The normalized spacial score (nSPS) is 13.7. The van der Waals surface area contributed by atoms with Crippen LogP contribution in [0, 0.1) is 6.92 Å². The third-order valence-electron chi connectivity index (χ3n) is 5.22. The van der Waals surface area contributed by atoms with Crippen LogP contribution in [-0.2, 0) is 21.2 Å². The molecule has 0 aliphatic carbocycles. The molecule has 0 saturated heterocycles. The minimum atomic E-state index is -4.90. The Labute approximate surface area is 219 Å². The summed E-state index contributed by atoms with van der Waals surface area (Å²) in [5.74, 6) is -0.767. The lowest BCUT2D eigenvalue weighted by atomic mass is 10.1. The first-order valence-corrected chi connectivity index (χ1v) is 12.8. The maximum Gasteiger partial charge on any atom is 0.405 e. The van der Waals surface area contributed by atoms with Crippen LogP contribution in [0.15, 0.2) is 58.5 Å². The van der Waals surface area contributed by atoms with E-state index < -0.39 is 51.1 Å². The van der Waals surface area contributed by atoms with Gasteiger partial charge < -0.3 is 5.32 Å². The van der Waals surface area contributed by atoms with Crippen molar-refractivity contribution < 1.29 is 26.4 Å². The van der Waals surface area contributed by atoms with Crippen LogP contribution in [0.5, 0.6) is 0 Å². The minimum Gasteiger partial charge on any atom is -0.324 e. The van der Waals surface area contributed by atoms with Crippen molar-refractivity contribution in [3.8, 4) is 0 Å². The number of nitrogens with zero attached hydrogens (tertiary/aromatic N) is 3. The first-order chi connectivity index (χ1) is 17.2. The molecule has 0 saturated carbocycles. The van der Waals surface area contributed by atoms with Crippen molar-refractivity contribution in [3.63, 3.8) is 0 Å². The molecule has 15 heteroatoms. The summed E-state index contributed by atoms with van der Waals surface area (Å²) in [5, 5.41) is 5.76. The Hall–Kier alpha value is -3.00. The van der Waals surface area contributed by atoms with Gasteiger partial charge in [-0.15, -0.1) is 0 Å². The van der Waals surface area contributed by atoms with Gasteiger partial charge in [0.1, 0.15) is 17.1 Å². The zero-order valence-corrected chi connectivity index (χ0v) is 21.6. The van der Waals surface area contributed by atoms with Gasteiger partial charge in [-0.25, -0.2) is 13.1 Å². The number of carbonyl (C=O) groups is 1. The predicted molar refractivity (Wildman–Crippen MR) is 131 cm³/mol. The minimum absolute atomic E-state index is 0.0378. The van der Waals surface area contributed by atoms with Gasteiger partial charge >= 0.3 is 6.18 Å². The van der Waals surface area contributed by atoms with E-state index in [0.29, 0.717) is 0 Å². The van der Waals surface area contributed by atoms with Crippen molar-refractivity contribution in [3.05, 3.63) is 80.4 Å². The van der Waals surface area contributed by atoms with Crippen LogP contribution in [0.4, 0.5) is 18.9 Å². The van der Waals surface area contributed by atoms with Crippen LogP contribution in [0.2, 0.25) is 10.0 Å². The van der Waals surface area contributed by atoms with E-state index in [0.717, 1.165) is 16.9 Å². The Balaban J connectivity index is 1.86. The van der Waals surface area contributed by atoms with Gasteiger partial charge in [0.15, 0.2) is 0 Å². The SMILES string of the molecule is Cc1ccc(NC(=O)[C@@H](C)n2ncc(Cl)c(Cl)c2=O)cc1S(=O)(=O)N[C@@H](Cc1ccccn1)C(F)(F)F. The van der Waals surface area contributed by atoms with Crippen LogP contribution in [0.1, 0.15) is 24.2 Å². The molecule has 0 fully saturated rings. The fraction of sp³-hybridized carbons (Fsp3) is 0.273. The second-order valence-electron chi connectivity index (χ2n) is 7.94. The number of rotatable bonds is 8. The zero-order valence-electron chi connectivity index (χ0n) is 19.3. The van der Waals surface area contributed by atoms with Crippen LogP contribution in [-0.4, -0.2) is 41.3 Å². The van der Waals surface area contributed by atoms with Gasteiger partial charge in [0.05, 0.1) is 16.1 Å². The van der Waals surface area contributed by atoms with Crippen molar-refractivity contribution in [2.45, 2.75) is 43.4 Å². The molecule has 3 aromatic rings. The highest BCUT2D eigenvalue weighted by Crippen LogP contribution is 2.27. The van der Waals surface area contributed by atoms with E-state index in [1.165, 1.54) is 50.4 Å². The monoisotopic (exact) mass is 577 g/mol. The first-order valence-electron chi connectivity index (χ1n) is 10.5. The number of amides is 1. The Kier molecular flexibility index (Phi) is 8.63. The molecule has 1 aromatic carbocycles. The largest absolute Gasteiger partial charge is 0.405 e. The second-order valence-corrected chi connectivity index (χ2v) is 10.4. The average Bonchev–Trinajstić information content (AvgIpc) is 2.83. The van der Waals surface area contributed by atoms with Crippen molar-refractivity contribution in [1.82, 2.24) is 19.5 Å². The van der Waals surface area contributed by atoms with E-state index >= 15 is 0 Å². The van der Waals surface area contributed by atoms with E-state index in [9.17, 15) is 31.2 Å². The number of carbonyl (C=O) groups excluding carboxylic acids is 1. The summed E-state index contributed by atoms with van der Waals surface area (Å²) < 4.78 is 69.5. The molecule has 0 unspecified atom stereocenters. The molecule has 198 valence electrons. The molecule has 0 aliphatic rings. The number of sulfonamides is 1. The van der Waals surface area contributed by atoms with E-state index in [-0.39, 0.29) is 27.0 Å². The summed E-state index contributed by atoms with van der Waals surface area (Å²) in [7, 11) is -4.69. The zero-order chi connectivity index (χ0) is 27.5. The number of nitrogens with one attached hydrogen (secondary N) is 2. The van der Waals surface area contributed by atoms with E-state index in [4.69, 9.17) is 23.2 Å². The number of aryl methyl sites for hydroxylation is 1. The van der Waals surface area contributed by atoms with E-state index in [1.807, 2.05) is 0 Å². The molecule has 2 heterocycles. The van der Waals surface area contributed by atoms with Crippen molar-refractivity contribution in [1.29, 1.82) is 0 Å². The van der Waals surface area contributed by atoms with Gasteiger partial charge in [0.25, 0.3) is 5.56 Å². The average molecular weight is 578 g/mol. The standard InChI is InChI=1S/C22H20Cl2F3N5O4S/c1-12-6-7-15(30-20(33)13(2)32-21(34)19(24)16(23)11-29-32)9-17(12)37(35,36)31-18(22(25,26)27)10-14-5-3-4-8-28-14/h3-9,11,13,18,31H,10H2,1-2H3,(H,30,33)/t13-,18+/m1/s1. The van der Waals surface area contributed by atoms with E-state index in [2.05, 4.69) is 15.4 Å². The summed E-state index contributed by atoms with van der Waals surface area (Å²) in [6.07, 6.45) is -3.24. The van der Waals surface area contributed by atoms with Gasteiger partial charge in [0, 0.05) is 24.0 Å². The lowest BCUT2D eigenvalue weighted by Crippen LogP contribution is -2.47. The van der Waals surface area contributed by atoms with Gasteiger partial charge in [-0.05, 0) is 43.7 Å². The number of hydrogen-bond acceptors (Lipinski definition) is 6. The molecular formula is C22H20Cl2F3N5O4S. The Bertz CT molecular complexity index is 1470. The summed E-state index contributed by atoms with van der Waals surface area (Å²) in [6, 6.07) is 4.43. The molecule has 0 spiro atoms. The fourth-order valence-electron chi connectivity index (χ4n) is 3.23. The summed E-state index contributed by atoms with van der Waals surface area (Å²) in [5.41, 5.74) is -0.673. The van der Waals surface area contributed by atoms with Crippen molar-refractivity contribution in [2.24, 2.45) is 0 Å². The molecule has 0 aliphatic heterocycles. The fourth-order valence-corrected chi connectivity index (χ4v) is 4.98. The maximum absolute atomic E-state index is 13.7. The number of pyridine rings is 1. The number of anilines is 1. The molecular weight excluding hydrogens is 558 g/mol. The van der Waals surface area contributed by atoms with Crippen LogP contribution in [0.3, 0.4) is 0 Å². The Morgan fingerprint density at radius 3 is 2.51 bits per heavy atom. The number of benzene rings is 1. The molecule has 2 aromatic heterocycles. The molecule has 0 bridgehead atoms.